The van der Waals surface area contributed by atoms with Gasteiger partial charge in [0.2, 0.25) is 5.96 Å². The molecule has 1 aromatic heterocycles. The minimum atomic E-state index is -0.926. The number of rotatable bonds is 2. The van der Waals surface area contributed by atoms with Crippen LogP contribution in [-0.2, 0) is 0 Å². The minimum Gasteiger partial charge on any atom is -0.422 e. The van der Waals surface area contributed by atoms with Crippen LogP contribution in [0.5, 0.6) is 0 Å². The monoisotopic (exact) mass is 457 g/mol. The number of nitrogens with one attached hydrogen (secondary N) is 1. The molecule has 0 amide bonds. The van der Waals surface area contributed by atoms with Crippen LogP contribution in [0.1, 0.15) is 5.56 Å². The van der Waals surface area contributed by atoms with Gasteiger partial charge in [-0.1, -0.05) is 27.5 Å². The summed E-state index contributed by atoms with van der Waals surface area (Å²) in [4.78, 5) is 25.1. The molecule has 0 spiro atoms. The Bertz CT molecular complexity index is 1200. The van der Waals surface area contributed by atoms with Gasteiger partial charge in [-0.2, -0.15) is 0 Å². The van der Waals surface area contributed by atoms with Gasteiger partial charge in [0.1, 0.15) is 5.58 Å². The minimum absolute atomic E-state index is 0.257. The lowest BCUT2D eigenvalue weighted by Crippen LogP contribution is -2.21. The van der Waals surface area contributed by atoms with Gasteiger partial charge in [-0.3, -0.25) is 5.73 Å². The highest BCUT2D eigenvalue weighted by Crippen LogP contribution is 2.20. The normalized spacial score (nSPS) is 16.5. The van der Waals surface area contributed by atoms with Crippen LogP contribution < -0.4 is 16.7 Å². The molecule has 140 valence electrons. The van der Waals surface area contributed by atoms with Gasteiger partial charge in [0.15, 0.2) is 6.29 Å². The molecular formula is C19H13BrClN5O2. The summed E-state index contributed by atoms with van der Waals surface area (Å²) in [6, 6.07) is 14.1. The maximum atomic E-state index is 12.4. The molecule has 2 heterocycles. The summed E-state index contributed by atoms with van der Waals surface area (Å²) >= 11 is 9.30. The van der Waals surface area contributed by atoms with Crippen LogP contribution in [0.25, 0.3) is 11.0 Å². The van der Waals surface area contributed by atoms with E-state index in [4.69, 9.17) is 21.8 Å². The summed E-state index contributed by atoms with van der Waals surface area (Å²) < 4.78 is 6.25. The molecule has 0 aliphatic carbocycles. The Balaban J connectivity index is 1.66. The second-order valence-corrected chi connectivity index (χ2v) is 7.25. The van der Waals surface area contributed by atoms with Crippen molar-refractivity contribution in [3.05, 3.63) is 74.0 Å². The van der Waals surface area contributed by atoms with E-state index in [2.05, 4.69) is 36.2 Å². The largest absolute Gasteiger partial charge is 0.422 e. The fourth-order valence-electron chi connectivity index (χ4n) is 2.62. The molecule has 3 N–H and O–H groups in total. The summed E-state index contributed by atoms with van der Waals surface area (Å²) in [5.41, 5.74) is 7.21. The number of hydrogen-bond acceptors (Lipinski definition) is 7. The van der Waals surface area contributed by atoms with Gasteiger partial charge in [0.25, 0.3) is 0 Å². The smallest absolute Gasteiger partial charge is 0.345 e. The van der Waals surface area contributed by atoms with Crippen molar-refractivity contribution in [2.45, 2.75) is 6.29 Å². The number of guanidine groups is 1. The number of aliphatic imine (C=N–C) groups is 3. The first kappa shape index (κ1) is 18.5. The van der Waals surface area contributed by atoms with Gasteiger partial charge in [-0.15, -0.1) is 0 Å². The highest BCUT2D eigenvalue weighted by Gasteiger charge is 2.15. The van der Waals surface area contributed by atoms with E-state index in [1.165, 1.54) is 6.21 Å². The molecule has 0 saturated heterocycles. The van der Waals surface area contributed by atoms with E-state index in [1.807, 2.05) is 6.07 Å². The molecule has 1 aliphatic heterocycles. The third kappa shape index (κ3) is 4.04. The Hall–Kier alpha value is -2.81. The molecular weight excluding hydrogens is 446 g/mol. The van der Waals surface area contributed by atoms with E-state index in [-0.39, 0.29) is 11.5 Å². The van der Waals surface area contributed by atoms with Gasteiger partial charge in [-0.25, -0.2) is 19.8 Å². The first-order valence-electron chi connectivity index (χ1n) is 8.19. The van der Waals surface area contributed by atoms with Crippen LogP contribution in [0, 0.1) is 0 Å². The van der Waals surface area contributed by atoms with Crippen molar-refractivity contribution in [2.75, 3.05) is 5.32 Å². The fourth-order valence-corrected chi connectivity index (χ4v) is 3.13. The highest BCUT2D eigenvalue weighted by atomic mass is 79.9. The number of nitrogens with two attached hydrogens (primary N) is 1. The maximum absolute atomic E-state index is 12.4. The molecule has 1 unspecified atom stereocenters. The molecule has 28 heavy (non-hydrogen) atoms. The first-order valence-corrected chi connectivity index (χ1v) is 9.37. The molecule has 3 aromatic rings. The van der Waals surface area contributed by atoms with Gasteiger partial charge >= 0.3 is 5.63 Å². The summed E-state index contributed by atoms with van der Waals surface area (Å²) in [7, 11) is 0. The number of benzene rings is 2. The Morgan fingerprint density at radius 2 is 1.89 bits per heavy atom. The number of hydrogen-bond donors (Lipinski definition) is 2. The lowest BCUT2D eigenvalue weighted by molar-refractivity contribution is 0.559. The van der Waals surface area contributed by atoms with Crippen LogP contribution in [-0.4, -0.2) is 24.2 Å². The van der Waals surface area contributed by atoms with E-state index < -0.39 is 11.9 Å². The topological polar surface area (TPSA) is 105 Å². The molecule has 0 saturated carbocycles. The first-order chi connectivity index (χ1) is 13.5. The van der Waals surface area contributed by atoms with Crippen LogP contribution in [0.2, 0.25) is 5.02 Å². The van der Waals surface area contributed by atoms with E-state index >= 15 is 0 Å². The van der Waals surface area contributed by atoms with Gasteiger partial charge < -0.3 is 9.73 Å². The molecule has 9 heteroatoms. The van der Waals surface area contributed by atoms with Crippen LogP contribution in [0.15, 0.2) is 77.2 Å². The lowest BCUT2D eigenvalue weighted by atomic mass is 10.1. The average molecular weight is 459 g/mol. The van der Waals surface area contributed by atoms with Crippen molar-refractivity contribution in [2.24, 2.45) is 20.7 Å². The molecule has 4 rings (SSSR count). The number of fused-ring (bicyclic) bond motifs is 1. The lowest BCUT2D eigenvalue weighted by Gasteiger charge is -2.06. The molecule has 1 aliphatic rings. The number of halogens is 2. The van der Waals surface area contributed by atoms with Crippen LogP contribution in [0.4, 0.5) is 5.69 Å². The fraction of sp³-hybridized carbons (Fsp3) is 0.0526. The third-order valence-electron chi connectivity index (χ3n) is 3.91. The molecule has 0 fully saturated rings. The average Bonchev–Trinajstić information content (AvgIpc) is 2.84. The molecule has 0 bridgehead atoms. The molecule has 0 radical (unpaired) electrons. The standard InChI is InChI=1S/C19H13BrClN5O2/c20-11-1-6-16-10(7-11)8-14(17(27)28-16)15-9-23-19(26-18(22)25-15)24-13-4-2-12(21)3-5-13/h1-9,18H,22H2,(H,24,26). The predicted octanol–water partition coefficient (Wildman–Crippen LogP) is 3.79. The van der Waals surface area contributed by atoms with Crippen molar-refractivity contribution in [3.8, 4) is 0 Å². The third-order valence-corrected chi connectivity index (χ3v) is 4.65. The SMILES string of the molecule is NC1N=C(Nc2ccc(Cl)cc2)N=CC(c2cc3cc(Br)ccc3oc2=O)=N1. The zero-order valence-electron chi connectivity index (χ0n) is 14.3. The van der Waals surface area contributed by atoms with E-state index in [0.717, 1.165) is 15.5 Å². The van der Waals surface area contributed by atoms with Crippen molar-refractivity contribution in [1.82, 2.24) is 0 Å². The zero-order valence-corrected chi connectivity index (χ0v) is 16.6. The number of anilines is 1. The number of nitrogens with zero attached hydrogens (tertiary/aromatic N) is 3. The van der Waals surface area contributed by atoms with Gasteiger partial charge in [-0.05, 0) is 48.5 Å². The van der Waals surface area contributed by atoms with Gasteiger partial charge in [0.05, 0.1) is 17.5 Å². The van der Waals surface area contributed by atoms with Crippen LogP contribution in [0.3, 0.4) is 0 Å². The Morgan fingerprint density at radius 1 is 1.11 bits per heavy atom. The van der Waals surface area contributed by atoms with Gasteiger partial charge in [0, 0.05) is 20.6 Å². The van der Waals surface area contributed by atoms with Crippen molar-refractivity contribution >= 4 is 62.1 Å². The molecule has 1 atom stereocenters. The maximum Gasteiger partial charge on any atom is 0.345 e. The predicted molar refractivity (Wildman–Crippen MR) is 116 cm³/mol. The van der Waals surface area contributed by atoms with E-state index in [0.29, 0.717) is 16.3 Å². The van der Waals surface area contributed by atoms with Crippen molar-refractivity contribution < 1.29 is 4.42 Å². The molecule has 7 nitrogen and oxygen atoms in total. The van der Waals surface area contributed by atoms with Crippen molar-refractivity contribution in [1.29, 1.82) is 0 Å². The second-order valence-electron chi connectivity index (χ2n) is 5.90. The molecule has 2 aromatic carbocycles. The van der Waals surface area contributed by atoms with Crippen LogP contribution >= 0.6 is 27.5 Å². The van der Waals surface area contributed by atoms with Crippen molar-refractivity contribution in [3.63, 3.8) is 0 Å². The Morgan fingerprint density at radius 3 is 2.68 bits per heavy atom. The summed E-state index contributed by atoms with van der Waals surface area (Å²) in [6.07, 6.45) is 0.509. The summed E-state index contributed by atoms with van der Waals surface area (Å²) in [5.74, 6) is 0.265. The summed E-state index contributed by atoms with van der Waals surface area (Å²) in [6.45, 7) is 0. The summed E-state index contributed by atoms with van der Waals surface area (Å²) in [5, 5.41) is 4.40. The second kappa shape index (κ2) is 7.67. The quantitative estimate of drug-likeness (QED) is 0.570. The van der Waals surface area contributed by atoms with E-state index in [1.54, 1.807) is 42.5 Å². The Kier molecular flexibility index (Phi) is 5.08. The zero-order chi connectivity index (χ0) is 19.7. The van der Waals surface area contributed by atoms with E-state index in [9.17, 15) is 4.79 Å². The highest BCUT2D eigenvalue weighted by molar-refractivity contribution is 9.10. The Labute approximate surface area is 172 Å².